The minimum absolute atomic E-state index is 0.0552. The Morgan fingerprint density at radius 1 is 1.23 bits per heavy atom. The van der Waals surface area contributed by atoms with E-state index < -0.39 is 17.9 Å². The molecule has 0 saturated heterocycles. The zero-order valence-electron chi connectivity index (χ0n) is 16.3. The molecule has 2 amide bonds. The molecule has 31 heavy (non-hydrogen) atoms. The number of hydrogen-bond acceptors (Lipinski definition) is 8. The molecule has 3 heterocycles. The predicted octanol–water partition coefficient (Wildman–Crippen LogP) is 3.19. The molecule has 1 aliphatic rings. The van der Waals surface area contributed by atoms with Crippen LogP contribution in [-0.2, 0) is 9.59 Å². The van der Waals surface area contributed by atoms with Crippen LogP contribution in [0.25, 0.3) is 20.3 Å². The molecule has 0 spiro atoms. The van der Waals surface area contributed by atoms with Crippen molar-refractivity contribution in [3.05, 3.63) is 46.8 Å². The van der Waals surface area contributed by atoms with Crippen LogP contribution in [0.1, 0.15) is 5.01 Å². The van der Waals surface area contributed by atoms with Crippen LogP contribution >= 0.6 is 22.7 Å². The number of hydrogen-bond donors (Lipinski definition) is 2. The third-order valence-electron chi connectivity index (χ3n) is 4.65. The fourth-order valence-electron chi connectivity index (χ4n) is 3.25. The summed E-state index contributed by atoms with van der Waals surface area (Å²) in [5, 5.41) is 3.85. The van der Waals surface area contributed by atoms with Crippen LogP contribution < -0.4 is 25.1 Å². The second-order valence-corrected chi connectivity index (χ2v) is 8.96. The Balaban J connectivity index is 1.19. The number of ether oxygens (including phenoxy) is 3. The Bertz CT molecular complexity index is 1300. The van der Waals surface area contributed by atoms with E-state index in [2.05, 4.69) is 15.8 Å². The van der Waals surface area contributed by atoms with Crippen molar-refractivity contribution >= 4 is 54.8 Å². The maximum atomic E-state index is 12.3. The Morgan fingerprint density at radius 2 is 2.06 bits per heavy atom. The number of carbonyl (C=O) groups is 2. The van der Waals surface area contributed by atoms with Crippen LogP contribution in [0.4, 0.5) is 0 Å². The monoisotopic (exact) mass is 455 g/mol. The van der Waals surface area contributed by atoms with Gasteiger partial charge in [0.2, 0.25) is 6.10 Å². The highest BCUT2D eigenvalue weighted by molar-refractivity contribution is 7.21. The molecule has 10 heteroatoms. The van der Waals surface area contributed by atoms with Crippen LogP contribution in [0.2, 0.25) is 0 Å². The van der Waals surface area contributed by atoms with Gasteiger partial charge in [-0.15, -0.1) is 22.7 Å². The number of rotatable bonds is 4. The molecule has 0 fully saturated rings. The number of nitrogens with one attached hydrogen (secondary N) is 2. The van der Waals surface area contributed by atoms with E-state index in [0.29, 0.717) is 17.2 Å². The van der Waals surface area contributed by atoms with E-state index in [9.17, 15) is 9.59 Å². The second-order valence-electron chi connectivity index (χ2n) is 6.81. The largest absolute Gasteiger partial charge is 0.485 e. The summed E-state index contributed by atoms with van der Waals surface area (Å²) < 4.78 is 18.9. The molecule has 8 nitrogen and oxygen atoms in total. The maximum absolute atomic E-state index is 12.3. The highest BCUT2D eigenvalue weighted by atomic mass is 32.1. The Hall–Kier alpha value is -3.37. The van der Waals surface area contributed by atoms with Crippen molar-refractivity contribution in [1.29, 1.82) is 0 Å². The first kappa shape index (κ1) is 19.6. The van der Waals surface area contributed by atoms with E-state index in [-0.39, 0.29) is 13.2 Å². The number of amides is 2. The Kier molecular flexibility index (Phi) is 5.08. The SMILES string of the molecule is Cc1nc2c(cc(OCC(=O)NNC(=O)C3COc4ccccc4O3)c3ccsc32)s1. The first-order valence-electron chi connectivity index (χ1n) is 9.46. The molecule has 2 aromatic carbocycles. The Labute approximate surface area is 184 Å². The number of benzene rings is 2. The smallest absolute Gasteiger partial charge is 0.283 e. The minimum Gasteiger partial charge on any atom is -0.485 e. The summed E-state index contributed by atoms with van der Waals surface area (Å²) in [6, 6.07) is 10.9. The molecule has 158 valence electrons. The van der Waals surface area contributed by atoms with Gasteiger partial charge in [0, 0.05) is 11.5 Å². The highest BCUT2D eigenvalue weighted by Crippen LogP contribution is 2.38. The zero-order chi connectivity index (χ0) is 21.4. The summed E-state index contributed by atoms with van der Waals surface area (Å²) in [4.78, 5) is 29.1. The third kappa shape index (κ3) is 3.87. The van der Waals surface area contributed by atoms with Crippen molar-refractivity contribution in [2.24, 2.45) is 0 Å². The number of aryl methyl sites for hydroxylation is 1. The highest BCUT2D eigenvalue weighted by Gasteiger charge is 2.27. The quantitative estimate of drug-likeness (QED) is 0.459. The summed E-state index contributed by atoms with van der Waals surface area (Å²) in [5.74, 6) is 0.669. The molecule has 1 atom stereocenters. The number of para-hydroxylation sites is 2. The van der Waals surface area contributed by atoms with Crippen LogP contribution in [0, 0.1) is 6.92 Å². The van der Waals surface area contributed by atoms with E-state index in [1.54, 1.807) is 40.9 Å². The van der Waals surface area contributed by atoms with Crippen molar-refractivity contribution in [3.8, 4) is 17.2 Å². The van der Waals surface area contributed by atoms with Gasteiger partial charge in [0.15, 0.2) is 18.1 Å². The van der Waals surface area contributed by atoms with Gasteiger partial charge < -0.3 is 14.2 Å². The molecule has 1 aliphatic heterocycles. The van der Waals surface area contributed by atoms with Gasteiger partial charge >= 0.3 is 0 Å². The van der Waals surface area contributed by atoms with Gasteiger partial charge in [-0.25, -0.2) is 4.98 Å². The maximum Gasteiger partial charge on any atom is 0.283 e. The average molecular weight is 456 g/mol. The molecular weight excluding hydrogens is 438 g/mol. The molecule has 5 rings (SSSR count). The van der Waals surface area contributed by atoms with Gasteiger partial charge in [-0.2, -0.15) is 0 Å². The lowest BCUT2D eigenvalue weighted by molar-refractivity contribution is -0.135. The first-order valence-corrected chi connectivity index (χ1v) is 11.2. The fraction of sp³-hybridized carbons (Fsp3) is 0.190. The minimum atomic E-state index is -0.862. The summed E-state index contributed by atoms with van der Waals surface area (Å²) in [6.45, 7) is 1.76. The molecule has 0 radical (unpaired) electrons. The molecule has 2 N–H and O–H groups in total. The molecule has 2 aromatic heterocycles. The third-order valence-corrected chi connectivity index (χ3v) is 6.49. The lowest BCUT2D eigenvalue weighted by Gasteiger charge is -2.25. The molecule has 0 bridgehead atoms. The van der Waals surface area contributed by atoms with Crippen LogP contribution in [0.3, 0.4) is 0 Å². The van der Waals surface area contributed by atoms with Crippen molar-refractivity contribution in [1.82, 2.24) is 15.8 Å². The van der Waals surface area contributed by atoms with Crippen molar-refractivity contribution in [2.45, 2.75) is 13.0 Å². The first-order chi connectivity index (χ1) is 15.1. The number of aromatic nitrogens is 1. The fourth-order valence-corrected chi connectivity index (χ4v) is 5.08. The molecular formula is C21H17N3O5S2. The summed E-state index contributed by atoms with van der Waals surface area (Å²) in [7, 11) is 0. The summed E-state index contributed by atoms with van der Waals surface area (Å²) in [5.41, 5.74) is 5.66. The van der Waals surface area contributed by atoms with E-state index >= 15 is 0 Å². The van der Waals surface area contributed by atoms with E-state index in [0.717, 1.165) is 25.3 Å². The van der Waals surface area contributed by atoms with Crippen LogP contribution in [-0.4, -0.2) is 36.1 Å². The summed E-state index contributed by atoms with van der Waals surface area (Å²) >= 11 is 3.16. The van der Waals surface area contributed by atoms with Crippen molar-refractivity contribution in [2.75, 3.05) is 13.2 Å². The molecule has 1 unspecified atom stereocenters. The van der Waals surface area contributed by atoms with Gasteiger partial charge in [0.1, 0.15) is 12.4 Å². The van der Waals surface area contributed by atoms with Gasteiger partial charge in [-0.3, -0.25) is 20.4 Å². The zero-order valence-corrected chi connectivity index (χ0v) is 18.0. The number of nitrogens with zero attached hydrogens (tertiary/aromatic N) is 1. The van der Waals surface area contributed by atoms with Gasteiger partial charge in [-0.05, 0) is 30.5 Å². The number of thiophene rings is 1. The van der Waals surface area contributed by atoms with Crippen molar-refractivity contribution in [3.63, 3.8) is 0 Å². The Morgan fingerprint density at radius 3 is 2.94 bits per heavy atom. The van der Waals surface area contributed by atoms with E-state index in [1.807, 2.05) is 30.5 Å². The van der Waals surface area contributed by atoms with Crippen molar-refractivity contribution < 1.29 is 23.8 Å². The van der Waals surface area contributed by atoms with Gasteiger partial charge in [0.25, 0.3) is 11.8 Å². The molecule has 0 aliphatic carbocycles. The molecule has 4 aromatic rings. The van der Waals surface area contributed by atoms with Crippen LogP contribution in [0.5, 0.6) is 17.2 Å². The normalized spacial score (nSPS) is 15.1. The number of carbonyl (C=O) groups excluding carboxylic acids is 2. The van der Waals surface area contributed by atoms with Gasteiger partial charge in [0.05, 0.1) is 19.9 Å². The number of thiazole rings is 1. The van der Waals surface area contributed by atoms with Gasteiger partial charge in [-0.1, -0.05) is 12.1 Å². The average Bonchev–Trinajstić information content (AvgIpc) is 3.41. The van der Waals surface area contributed by atoms with Crippen LogP contribution in [0.15, 0.2) is 41.8 Å². The second kappa shape index (κ2) is 8.05. The van der Waals surface area contributed by atoms with E-state index in [4.69, 9.17) is 14.2 Å². The lowest BCUT2D eigenvalue weighted by Crippen LogP contribution is -2.51. The summed E-state index contributed by atoms with van der Waals surface area (Å²) in [6.07, 6.45) is -0.862. The standard InChI is InChI=1S/C21H17N3O5S2/c1-11-22-19-17(31-11)8-15(12-6-7-30-20(12)19)28-10-18(25)23-24-21(26)16-9-27-13-4-2-3-5-14(13)29-16/h2-8,16H,9-10H2,1H3,(H,23,25)(H,24,26). The lowest BCUT2D eigenvalue weighted by atomic mass is 10.2. The number of fused-ring (bicyclic) bond motifs is 4. The van der Waals surface area contributed by atoms with E-state index in [1.165, 1.54) is 0 Å². The predicted molar refractivity (Wildman–Crippen MR) is 118 cm³/mol. The number of hydrazine groups is 1. The topological polar surface area (TPSA) is 98.8 Å². The molecule has 0 saturated carbocycles.